The van der Waals surface area contributed by atoms with E-state index in [4.69, 9.17) is 4.74 Å². The Hall–Kier alpha value is -4.25. The lowest BCUT2D eigenvalue weighted by Crippen LogP contribution is -2.16. The van der Waals surface area contributed by atoms with Gasteiger partial charge in [0.15, 0.2) is 0 Å². The van der Waals surface area contributed by atoms with Gasteiger partial charge in [-0.1, -0.05) is 72.8 Å². The number of fused-ring (bicyclic) bond motifs is 1. The van der Waals surface area contributed by atoms with Crippen molar-refractivity contribution in [2.75, 3.05) is 5.32 Å². The van der Waals surface area contributed by atoms with Crippen molar-refractivity contribution in [1.82, 2.24) is 4.98 Å². The Labute approximate surface area is 192 Å². The minimum atomic E-state index is -0.417. The van der Waals surface area contributed by atoms with Crippen LogP contribution in [-0.4, -0.2) is 16.9 Å². The maximum Gasteiger partial charge on any atom is 0.330 e. The Morgan fingerprint density at radius 1 is 0.939 bits per heavy atom. The zero-order valence-corrected chi connectivity index (χ0v) is 18.3. The normalized spacial score (nSPS) is 10.9. The molecule has 0 fully saturated rings. The molecule has 0 saturated carbocycles. The first-order chi connectivity index (χ1) is 16.1. The number of pyridine rings is 1. The SMILES string of the molecule is Cc1cccc(C/C=C/C(=O)OCc2ccccc2)c1C(=O)Nc1cccc2cccnc12. The fourth-order valence-corrected chi connectivity index (χ4v) is 3.67. The maximum atomic E-state index is 13.2. The first-order valence-electron chi connectivity index (χ1n) is 10.7. The number of anilines is 1. The standard InChI is InChI=1S/C28H24N2O3/c1-20-9-5-12-22(13-7-17-25(31)33-19-21-10-3-2-4-11-21)26(20)28(32)30-24-16-6-14-23-15-8-18-29-27(23)24/h2-12,14-18H,13,19H2,1H3,(H,30,32)/b17-7+. The predicted molar refractivity (Wildman–Crippen MR) is 130 cm³/mol. The van der Waals surface area contributed by atoms with Crippen LogP contribution >= 0.6 is 0 Å². The summed E-state index contributed by atoms with van der Waals surface area (Å²) in [5.41, 5.74) is 4.61. The van der Waals surface area contributed by atoms with Crippen LogP contribution in [0.15, 0.2) is 97.2 Å². The van der Waals surface area contributed by atoms with Gasteiger partial charge in [0.05, 0.1) is 11.2 Å². The van der Waals surface area contributed by atoms with Gasteiger partial charge in [-0.05, 0) is 42.2 Å². The lowest BCUT2D eigenvalue weighted by Gasteiger charge is -2.13. The van der Waals surface area contributed by atoms with E-state index in [1.54, 1.807) is 12.3 Å². The van der Waals surface area contributed by atoms with Gasteiger partial charge >= 0.3 is 5.97 Å². The van der Waals surface area contributed by atoms with Crippen LogP contribution in [0.4, 0.5) is 5.69 Å². The van der Waals surface area contributed by atoms with Gasteiger partial charge in [0.1, 0.15) is 6.61 Å². The molecule has 5 heteroatoms. The molecule has 0 saturated heterocycles. The van der Waals surface area contributed by atoms with Crippen LogP contribution in [0.2, 0.25) is 0 Å². The van der Waals surface area contributed by atoms with E-state index in [0.717, 1.165) is 27.6 Å². The van der Waals surface area contributed by atoms with E-state index in [-0.39, 0.29) is 12.5 Å². The second-order valence-corrected chi connectivity index (χ2v) is 7.64. The summed E-state index contributed by atoms with van der Waals surface area (Å²) >= 11 is 0. The van der Waals surface area contributed by atoms with Gasteiger partial charge in [0, 0.05) is 23.2 Å². The molecular formula is C28H24N2O3. The van der Waals surface area contributed by atoms with Gasteiger partial charge in [0.25, 0.3) is 5.91 Å². The number of nitrogens with one attached hydrogen (secondary N) is 1. The average molecular weight is 437 g/mol. The molecule has 0 aliphatic heterocycles. The highest BCUT2D eigenvalue weighted by atomic mass is 16.5. The van der Waals surface area contributed by atoms with Crippen LogP contribution in [0.25, 0.3) is 10.9 Å². The number of hydrogen-bond donors (Lipinski definition) is 1. The number of nitrogens with zero attached hydrogens (tertiary/aromatic N) is 1. The number of hydrogen-bond acceptors (Lipinski definition) is 4. The summed E-state index contributed by atoms with van der Waals surface area (Å²) in [6.07, 6.45) is 5.26. The monoisotopic (exact) mass is 436 g/mol. The molecule has 0 bridgehead atoms. The minimum Gasteiger partial charge on any atom is -0.458 e. The molecular weight excluding hydrogens is 412 g/mol. The fourth-order valence-electron chi connectivity index (χ4n) is 3.67. The molecule has 0 spiro atoms. The Kier molecular flexibility index (Phi) is 6.90. The Morgan fingerprint density at radius 3 is 2.58 bits per heavy atom. The van der Waals surface area contributed by atoms with Gasteiger partial charge in [0.2, 0.25) is 0 Å². The summed E-state index contributed by atoms with van der Waals surface area (Å²) in [7, 11) is 0. The van der Waals surface area contributed by atoms with E-state index < -0.39 is 5.97 Å². The molecule has 0 atom stereocenters. The Bertz CT molecular complexity index is 1310. The van der Waals surface area contributed by atoms with Gasteiger partial charge < -0.3 is 10.1 Å². The molecule has 4 rings (SSSR count). The highest BCUT2D eigenvalue weighted by Gasteiger charge is 2.15. The van der Waals surface area contributed by atoms with Crippen LogP contribution in [0.3, 0.4) is 0 Å². The quantitative estimate of drug-likeness (QED) is 0.301. The molecule has 1 amide bonds. The van der Waals surface area contributed by atoms with Crippen molar-refractivity contribution in [2.24, 2.45) is 0 Å². The summed E-state index contributed by atoms with van der Waals surface area (Å²) in [5.74, 6) is -0.624. The molecule has 0 aliphatic carbocycles. The summed E-state index contributed by atoms with van der Waals surface area (Å²) in [6, 6.07) is 24.7. The smallest absolute Gasteiger partial charge is 0.330 e. The van der Waals surface area contributed by atoms with E-state index in [9.17, 15) is 9.59 Å². The number of para-hydroxylation sites is 1. The molecule has 3 aromatic carbocycles. The number of ether oxygens (including phenoxy) is 1. The number of esters is 1. The van der Waals surface area contributed by atoms with Gasteiger partial charge in [-0.2, -0.15) is 0 Å². The lowest BCUT2D eigenvalue weighted by atomic mass is 9.98. The second kappa shape index (κ2) is 10.4. The number of carbonyl (C=O) groups is 2. The molecule has 0 radical (unpaired) electrons. The highest BCUT2D eigenvalue weighted by Crippen LogP contribution is 2.23. The number of aromatic nitrogens is 1. The van der Waals surface area contributed by atoms with Crippen molar-refractivity contribution in [3.05, 3.63) is 119 Å². The first kappa shape index (κ1) is 22.0. The molecule has 1 heterocycles. The number of carbonyl (C=O) groups excluding carboxylic acids is 2. The average Bonchev–Trinajstić information content (AvgIpc) is 2.83. The summed E-state index contributed by atoms with van der Waals surface area (Å²) in [6.45, 7) is 2.12. The van der Waals surface area contributed by atoms with Crippen LogP contribution in [-0.2, 0) is 22.6 Å². The van der Waals surface area contributed by atoms with Crippen LogP contribution in [0, 0.1) is 6.92 Å². The third-order valence-corrected chi connectivity index (χ3v) is 5.28. The summed E-state index contributed by atoms with van der Waals surface area (Å²) in [5, 5.41) is 3.96. The number of rotatable bonds is 7. The second-order valence-electron chi connectivity index (χ2n) is 7.64. The molecule has 0 aliphatic rings. The largest absolute Gasteiger partial charge is 0.458 e. The van der Waals surface area contributed by atoms with E-state index in [0.29, 0.717) is 17.7 Å². The maximum absolute atomic E-state index is 13.2. The fraction of sp³-hybridized carbons (Fsp3) is 0.107. The minimum absolute atomic E-state index is 0.207. The first-order valence-corrected chi connectivity index (χ1v) is 10.7. The molecule has 33 heavy (non-hydrogen) atoms. The number of aryl methyl sites for hydroxylation is 1. The zero-order chi connectivity index (χ0) is 23.0. The summed E-state index contributed by atoms with van der Waals surface area (Å²) < 4.78 is 5.28. The van der Waals surface area contributed by atoms with E-state index >= 15 is 0 Å². The highest BCUT2D eigenvalue weighted by molar-refractivity contribution is 6.09. The topological polar surface area (TPSA) is 68.3 Å². The Balaban J connectivity index is 1.46. The van der Waals surface area contributed by atoms with E-state index in [1.165, 1.54) is 6.08 Å². The third-order valence-electron chi connectivity index (χ3n) is 5.28. The van der Waals surface area contributed by atoms with Crippen molar-refractivity contribution >= 4 is 28.5 Å². The number of amides is 1. The third kappa shape index (κ3) is 5.52. The van der Waals surface area contributed by atoms with Crippen LogP contribution in [0.1, 0.15) is 27.0 Å². The van der Waals surface area contributed by atoms with Gasteiger partial charge in [-0.15, -0.1) is 0 Å². The molecule has 4 aromatic rings. The van der Waals surface area contributed by atoms with Crippen molar-refractivity contribution in [3.63, 3.8) is 0 Å². The number of benzene rings is 3. The Morgan fingerprint density at radius 2 is 1.73 bits per heavy atom. The number of allylic oxidation sites excluding steroid dienone is 1. The van der Waals surface area contributed by atoms with Crippen molar-refractivity contribution in [2.45, 2.75) is 20.0 Å². The van der Waals surface area contributed by atoms with Crippen LogP contribution in [0.5, 0.6) is 0 Å². The lowest BCUT2D eigenvalue weighted by molar-refractivity contribution is -0.139. The molecule has 1 aromatic heterocycles. The summed E-state index contributed by atoms with van der Waals surface area (Å²) in [4.78, 5) is 29.7. The van der Waals surface area contributed by atoms with Crippen molar-refractivity contribution in [3.8, 4) is 0 Å². The van der Waals surface area contributed by atoms with Crippen molar-refractivity contribution in [1.29, 1.82) is 0 Å². The van der Waals surface area contributed by atoms with Gasteiger partial charge in [-0.3, -0.25) is 9.78 Å². The molecule has 0 unspecified atom stereocenters. The molecule has 5 nitrogen and oxygen atoms in total. The van der Waals surface area contributed by atoms with Gasteiger partial charge in [-0.25, -0.2) is 4.79 Å². The zero-order valence-electron chi connectivity index (χ0n) is 18.3. The molecule has 164 valence electrons. The predicted octanol–water partition coefficient (Wildman–Crippen LogP) is 5.64. The molecule has 1 N–H and O–H groups in total. The van der Waals surface area contributed by atoms with Crippen LogP contribution < -0.4 is 5.32 Å². The van der Waals surface area contributed by atoms with Crippen molar-refractivity contribution < 1.29 is 14.3 Å². The van der Waals surface area contributed by atoms with E-state index in [2.05, 4.69) is 10.3 Å². The van der Waals surface area contributed by atoms with E-state index in [1.807, 2.05) is 85.8 Å².